The lowest BCUT2D eigenvalue weighted by Crippen LogP contribution is -2.26. The number of carbonyl (C=O) groups is 2. The summed E-state index contributed by atoms with van der Waals surface area (Å²) in [6, 6.07) is 0. The first kappa shape index (κ1) is 18.5. The van der Waals surface area contributed by atoms with Gasteiger partial charge in [0.05, 0.1) is 13.2 Å². The second-order valence-electron chi connectivity index (χ2n) is 4.54. The number of hydrogen-bond donors (Lipinski definition) is 2. The molecule has 0 aliphatic carbocycles. The van der Waals surface area contributed by atoms with E-state index < -0.39 is 0 Å². The van der Waals surface area contributed by atoms with E-state index in [1.807, 2.05) is 13.8 Å². The minimum absolute atomic E-state index is 0.341. The Morgan fingerprint density at radius 3 is 1.50 bits per heavy atom. The smallest absolute Gasteiger partial charge is 0.407 e. The van der Waals surface area contributed by atoms with Gasteiger partial charge in [-0.3, -0.25) is 0 Å². The second-order valence-corrected chi connectivity index (χ2v) is 4.54. The van der Waals surface area contributed by atoms with Crippen LogP contribution >= 0.6 is 0 Å². The Bertz CT molecular complexity index is 234. The highest BCUT2D eigenvalue weighted by Crippen LogP contribution is 1.98. The van der Waals surface area contributed by atoms with Crippen LogP contribution in [-0.2, 0) is 9.47 Å². The number of nitrogens with one attached hydrogen (secondary N) is 2. The molecule has 0 saturated carbocycles. The highest BCUT2D eigenvalue weighted by atomic mass is 16.6. The van der Waals surface area contributed by atoms with Gasteiger partial charge in [-0.25, -0.2) is 9.59 Å². The molecule has 0 atom stereocenters. The Morgan fingerprint density at radius 1 is 0.750 bits per heavy atom. The molecule has 0 rings (SSSR count). The number of hydrogen-bond acceptors (Lipinski definition) is 4. The molecule has 118 valence electrons. The molecule has 0 aromatic carbocycles. The number of unbranched alkanes of at least 4 members (excludes halogenated alkanes) is 3. The molecule has 0 unspecified atom stereocenters. The molecule has 0 aliphatic rings. The third kappa shape index (κ3) is 13.0. The lowest BCUT2D eigenvalue weighted by molar-refractivity contribution is 0.145. The number of rotatable bonds is 11. The van der Waals surface area contributed by atoms with E-state index in [1.165, 1.54) is 0 Å². The van der Waals surface area contributed by atoms with E-state index in [9.17, 15) is 9.59 Å². The molecular formula is C14H28N2O4. The standard InChI is InChI=1S/C14H28N2O4/c1-3-11-19-13(17)15-9-7-5-6-8-10-16-14(18)20-12-4-2/h3-12H2,1-2H3,(H,15,17)(H,16,18). The molecule has 20 heavy (non-hydrogen) atoms. The van der Waals surface area contributed by atoms with E-state index in [2.05, 4.69) is 10.6 Å². The SMILES string of the molecule is CCCOC(=O)NCCCCCCNC(=O)OCCC. The van der Waals surface area contributed by atoms with Gasteiger partial charge in [-0.15, -0.1) is 0 Å². The second kappa shape index (κ2) is 14.0. The fourth-order valence-electron chi connectivity index (χ4n) is 1.48. The predicted molar refractivity (Wildman–Crippen MR) is 77.8 cm³/mol. The molecule has 6 heteroatoms. The van der Waals surface area contributed by atoms with Crippen molar-refractivity contribution in [2.24, 2.45) is 0 Å². The molecule has 6 nitrogen and oxygen atoms in total. The van der Waals surface area contributed by atoms with Gasteiger partial charge in [0.25, 0.3) is 0 Å². The first-order chi connectivity index (χ1) is 9.70. The van der Waals surface area contributed by atoms with Gasteiger partial charge < -0.3 is 20.1 Å². The van der Waals surface area contributed by atoms with Crippen LogP contribution in [-0.4, -0.2) is 38.5 Å². The summed E-state index contributed by atoms with van der Waals surface area (Å²) < 4.78 is 9.77. The summed E-state index contributed by atoms with van der Waals surface area (Å²) in [7, 11) is 0. The molecule has 0 aromatic rings. The van der Waals surface area contributed by atoms with E-state index in [-0.39, 0.29) is 12.2 Å². The minimum atomic E-state index is -0.341. The van der Waals surface area contributed by atoms with Crippen LogP contribution in [0.5, 0.6) is 0 Å². The largest absolute Gasteiger partial charge is 0.450 e. The van der Waals surface area contributed by atoms with Crippen LogP contribution in [0, 0.1) is 0 Å². The van der Waals surface area contributed by atoms with Crippen LogP contribution < -0.4 is 10.6 Å². The van der Waals surface area contributed by atoms with Crippen molar-refractivity contribution >= 4 is 12.2 Å². The van der Waals surface area contributed by atoms with Gasteiger partial charge in [0.2, 0.25) is 0 Å². The van der Waals surface area contributed by atoms with Crippen LogP contribution in [0.2, 0.25) is 0 Å². The van der Waals surface area contributed by atoms with Gasteiger partial charge >= 0.3 is 12.2 Å². The van der Waals surface area contributed by atoms with Crippen molar-refractivity contribution in [2.45, 2.75) is 52.4 Å². The van der Waals surface area contributed by atoms with Gasteiger partial charge in [0.15, 0.2) is 0 Å². The summed E-state index contributed by atoms with van der Waals surface area (Å²) in [5.41, 5.74) is 0. The Balaban J connectivity index is 3.20. The molecule has 0 aromatic heterocycles. The monoisotopic (exact) mass is 288 g/mol. The number of amides is 2. The van der Waals surface area contributed by atoms with E-state index in [4.69, 9.17) is 9.47 Å². The summed E-state index contributed by atoms with van der Waals surface area (Å²) in [6.07, 6.45) is 4.85. The Morgan fingerprint density at radius 2 is 1.15 bits per heavy atom. The van der Waals surface area contributed by atoms with Gasteiger partial charge in [0.1, 0.15) is 0 Å². The van der Waals surface area contributed by atoms with Crippen molar-refractivity contribution < 1.29 is 19.1 Å². The van der Waals surface area contributed by atoms with Crippen molar-refractivity contribution in [2.75, 3.05) is 26.3 Å². The third-order valence-electron chi connectivity index (χ3n) is 2.52. The van der Waals surface area contributed by atoms with E-state index in [0.717, 1.165) is 38.5 Å². The highest BCUT2D eigenvalue weighted by Gasteiger charge is 2.00. The number of ether oxygens (including phenoxy) is 2. The third-order valence-corrected chi connectivity index (χ3v) is 2.52. The van der Waals surface area contributed by atoms with Gasteiger partial charge in [-0.1, -0.05) is 26.7 Å². The topological polar surface area (TPSA) is 76.7 Å². The van der Waals surface area contributed by atoms with Crippen molar-refractivity contribution in [3.63, 3.8) is 0 Å². The zero-order valence-electron chi connectivity index (χ0n) is 12.7. The molecule has 0 spiro atoms. The normalized spacial score (nSPS) is 9.90. The molecule has 0 fully saturated rings. The molecule has 0 radical (unpaired) electrons. The van der Waals surface area contributed by atoms with Crippen LogP contribution in [0.3, 0.4) is 0 Å². The van der Waals surface area contributed by atoms with Crippen LogP contribution in [0.1, 0.15) is 52.4 Å². The molecule has 0 bridgehead atoms. The Labute approximate surface area is 121 Å². The van der Waals surface area contributed by atoms with Crippen LogP contribution in [0.15, 0.2) is 0 Å². The molecule has 0 saturated heterocycles. The van der Waals surface area contributed by atoms with Gasteiger partial charge in [-0.2, -0.15) is 0 Å². The summed E-state index contributed by atoms with van der Waals surface area (Å²) in [6.45, 7) is 6.11. The number of carbonyl (C=O) groups excluding carboxylic acids is 2. The van der Waals surface area contributed by atoms with E-state index >= 15 is 0 Å². The lowest BCUT2D eigenvalue weighted by atomic mass is 10.2. The fraction of sp³-hybridized carbons (Fsp3) is 0.857. The summed E-state index contributed by atoms with van der Waals surface area (Å²) in [4.78, 5) is 22.2. The summed E-state index contributed by atoms with van der Waals surface area (Å²) in [5.74, 6) is 0. The molecule has 0 heterocycles. The van der Waals surface area contributed by atoms with Crippen LogP contribution in [0.25, 0.3) is 0 Å². The average molecular weight is 288 g/mol. The van der Waals surface area contributed by atoms with Gasteiger partial charge in [0, 0.05) is 13.1 Å². The Hall–Kier alpha value is -1.46. The van der Waals surface area contributed by atoms with E-state index in [0.29, 0.717) is 26.3 Å². The maximum atomic E-state index is 11.1. The van der Waals surface area contributed by atoms with Crippen LogP contribution in [0.4, 0.5) is 9.59 Å². The summed E-state index contributed by atoms with van der Waals surface area (Å²) in [5, 5.41) is 5.40. The minimum Gasteiger partial charge on any atom is -0.450 e. The molecule has 2 N–H and O–H groups in total. The van der Waals surface area contributed by atoms with Crippen molar-refractivity contribution in [1.29, 1.82) is 0 Å². The summed E-state index contributed by atoms with van der Waals surface area (Å²) >= 11 is 0. The van der Waals surface area contributed by atoms with E-state index in [1.54, 1.807) is 0 Å². The highest BCUT2D eigenvalue weighted by molar-refractivity contribution is 5.67. The predicted octanol–water partition coefficient (Wildman–Crippen LogP) is 2.82. The van der Waals surface area contributed by atoms with Gasteiger partial charge in [-0.05, 0) is 25.7 Å². The molecule has 0 aliphatic heterocycles. The first-order valence-corrected chi connectivity index (χ1v) is 7.52. The maximum absolute atomic E-state index is 11.1. The van der Waals surface area contributed by atoms with Crippen molar-refractivity contribution in [1.82, 2.24) is 10.6 Å². The zero-order chi connectivity index (χ0) is 15.1. The quantitative estimate of drug-likeness (QED) is 0.573. The lowest BCUT2D eigenvalue weighted by Gasteiger charge is -2.07. The molecule has 2 amide bonds. The maximum Gasteiger partial charge on any atom is 0.407 e. The zero-order valence-corrected chi connectivity index (χ0v) is 12.7. The number of alkyl carbamates (subject to hydrolysis) is 2. The average Bonchev–Trinajstić information content (AvgIpc) is 2.45. The molecular weight excluding hydrogens is 260 g/mol. The Kier molecular flexibility index (Phi) is 12.9. The fourth-order valence-corrected chi connectivity index (χ4v) is 1.48. The first-order valence-electron chi connectivity index (χ1n) is 7.52. The van der Waals surface area contributed by atoms with Crippen molar-refractivity contribution in [3.8, 4) is 0 Å². The van der Waals surface area contributed by atoms with Crippen molar-refractivity contribution in [3.05, 3.63) is 0 Å².